The maximum Gasteiger partial charge on any atom is 0.306 e. The fraction of sp³-hybridized carbons (Fsp3) is 0.846. The van der Waals surface area contributed by atoms with Crippen LogP contribution in [-0.2, 0) is 14.3 Å². The quantitative estimate of drug-likeness (QED) is 0.756. The number of carbonyl (C=O) groups excluding carboxylic acids is 2. The molecule has 0 aromatic heterocycles. The van der Waals surface area contributed by atoms with Crippen molar-refractivity contribution < 1.29 is 19.4 Å². The van der Waals surface area contributed by atoms with Crippen molar-refractivity contribution in [2.24, 2.45) is 0 Å². The summed E-state index contributed by atoms with van der Waals surface area (Å²) >= 11 is 0. The van der Waals surface area contributed by atoms with Crippen molar-refractivity contribution in [2.45, 2.75) is 63.6 Å². The molecule has 5 heteroatoms. The Labute approximate surface area is 107 Å². The summed E-state index contributed by atoms with van der Waals surface area (Å²) in [5.41, 5.74) is 0. The first-order chi connectivity index (χ1) is 8.61. The Hall–Kier alpha value is -1.10. The third kappa shape index (κ3) is 2.83. The van der Waals surface area contributed by atoms with Gasteiger partial charge in [-0.3, -0.25) is 9.59 Å². The van der Waals surface area contributed by atoms with Gasteiger partial charge in [-0.2, -0.15) is 0 Å². The number of aliphatic hydroxyl groups is 1. The monoisotopic (exact) mass is 255 g/mol. The molecule has 0 aliphatic carbocycles. The molecule has 102 valence electrons. The molecule has 2 heterocycles. The van der Waals surface area contributed by atoms with Crippen LogP contribution in [0, 0.1) is 0 Å². The number of aliphatic hydroxyl groups excluding tert-OH is 1. The minimum Gasteiger partial charge on any atom is -0.466 e. The zero-order valence-corrected chi connectivity index (χ0v) is 10.8. The van der Waals surface area contributed by atoms with E-state index in [1.165, 1.54) is 0 Å². The molecular weight excluding hydrogens is 234 g/mol. The smallest absolute Gasteiger partial charge is 0.306 e. The van der Waals surface area contributed by atoms with E-state index in [9.17, 15) is 14.7 Å². The van der Waals surface area contributed by atoms with Gasteiger partial charge >= 0.3 is 5.97 Å². The molecule has 0 saturated carbocycles. The molecular formula is C13H21NO4. The number of nitrogens with zero attached hydrogens (tertiary/aromatic N) is 1. The predicted octanol–water partition coefficient (Wildman–Crippen LogP) is 0.844. The van der Waals surface area contributed by atoms with Gasteiger partial charge in [0.15, 0.2) is 0 Å². The van der Waals surface area contributed by atoms with Crippen LogP contribution in [0.5, 0.6) is 0 Å². The Balaban J connectivity index is 1.85. The minimum absolute atomic E-state index is 0.0300. The summed E-state index contributed by atoms with van der Waals surface area (Å²) in [7, 11) is 0. The van der Waals surface area contributed by atoms with Crippen molar-refractivity contribution in [2.75, 3.05) is 6.61 Å². The second kappa shape index (κ2) is 5.69. The first kappa shape index (κ1) is 13.3. The SMILES string of the molecule is CCOC(=O)CCC(=O)N1C2CCC1CC(O)C2. The average Bonchev–Trinajstić information content (AvgIpc) is 2.59. The van der Waals surface area contributed by atoms with E-state index in [4.69, 9.17) is 4.74 Å². The lowest BCUT2D eigenvalue weighted by atomic mass is 9.99. The van der Waals surface area contributed by atoms with Crippen molar-refractivity contribution in [3.63, 3.8) is 0 Å². The third-order valence-corrected chi connectivity index (χ3v) is 3.84. The molecule has 18 heavy (non-hydrogen) atoms. The minimum atomic E-state index is -0.310. The van der Waals surface area contributed by atoms with Crippen molar-refractivity contribution in [3.05, 3.63) is 0 Å². The predicted molar refractivity (Wildman–Crippen MR) is 64.8 cm³/mol. The number of rotatable bonds is 4. The Morgan fingerprint density at radius 2 is 1.83 bits per heavy atom. The lowest BCUT2D eigenvalue weighted by Gasteiger charge is -2.37. The lowest BCUT2D eigenvalue weighted by molar-refractivity contribution is -0.147. The van der Waals surface area contributed by atoms with Gasteiger partial charge in [0.25, 0.3) is 0 Å². The van der Waals surface area contributed by atoms with Crippen LogP contribution in [0.15, 0.2) is 0 Å². The van der Waals surface area contributed by atoms with Crippen LogP contribution in [0.3, 0.4) is 0 Å². The summed E-state index contributed by atoms with van der Waals surface area (Å²) in [5.74, 6) is -0.280. The summed E-state index contributed by atoms with van der Waals surface area (Å²) in [5, 5.41) is 9.67. The Kier molecular flexibility index (Phi) is 4.22. The lowest BCUT2D eigenvalue weighted by Crippen LogP contribution is -2.48. The molecule has 0 aromatic carbocycles. The molecule has 0 radical (unpaired) electrons. The molecule has 2 rings (SSSR count). The van der Waals surface area contributed by atoms with Crippen LogP contribution in [0.25, 0.3) is 0 Å². The van der Waals surface area contributed by atoms with Crippen LogP contribution >= 0.6 is 0 Å². The number of esters is 1. The number of amides is 1. The Bertz CT molecular complexity index is 317. The molecule has 1 amide bonds. The normalized spacial score (nSPS) is 30.3. The van der Waals surface area contributed by atoms with Gasteiger partial charge < -0.3 is 14.7 Å². The second-order valence-corrected chi connectivity index (χ2v) is 5.12. The highest BCUT2D eigenvalue weighted by molar-refractivity contribution is 5.82. The van der Waals surface area contributed by atoms with E-state index in [2.05, 4.69) is 0 Å². The first-order valence-electron chi connectivity index (χ1n) is 6.76. The molecule has 0 aromatic rings. The largest absolute Gasteiger partial charge is 0.466 e. The van der Waals surface area contributed by atoms with Gasteiger partial charge in [0, 0.05) is 18.5 Å². The van der Waals surface area contributed by atoms with Crippen molar-refractivity contribution in [1.82, 2.24) is 4.90 Å². The highest BCUT2D eigenvalue weighted by Gasteiger charge is 2.42. The fourth-order valence-electron chi connectivity index (χ4n) is 3.13. The van der Waals surface area contributed by atoms with Crippen molar-refractivity contribution >= 4 is 11.9 Å². The van der Waals surface area contributed by atoms with Crippen LogP contribution < -0.4 is 0 Å². The van der Waals surface area contributed by atoms with E-state index in [0.717, 1.165) is 12.8 Å². The summed E-state index contributed by atoms with van der Waals surface area (Å²) in [4.78, 5) is 25.2. The summed E-state index contributed by atoms with van der Waals surface area (Å²) < 4.78 is 4.82. The van der Waals surface area contributed by atoms with Crippen LogP contribution in [0.2, 0.25) is 0 Å². The maximum atomic E-state index is 12.1. The molecule has 1 N–H and O–H groups in total. The summed E-state index contributed by atoms with van der Waals surface area (Å²) in [6.07, 6.45) is 3.44. The molecule has 2 bridgehead atoms. The van der Waals surface area contributed by atoms with E-state index >= 15 is 0 Å². The molecule has 2 unspecified atom stereocenters. The van der Waals surface area contributed by atoms with Gasteiger partial charge in [0.2, 0.25) is 5.91 Å². The Morgan fingerprint density at radius 1 is 1.22 bits per heavy atom. The molecule has 2 aliphatic rings. The van der Waals surface area contributed by atoms with E-state index < -0.39 is 0 Å². The van der Waals surface area contributed by atoms with E-state index in [1.54, 1.807) is 6.92 Å². The number of hydrogen-bond donors (Lipinski definition) is 1. The number of piperidine rings is 1. The van der Waals surface area contributed by atoms with E-state index in [0.29, 0.717) is 19.4 Å². The first-order valence-corrected chi connectivity index (χ1v) is 6.76. The molecule has 0 spiro atoms. The number of hydrogen-bond acceptors (Lipinski definition) is 4. The van der Waals surface area contributed by atoms with Crippen molar-refractivity contribution in [1.29, 1.82) is 0 Å². The zero-order chi connectivity index (χ0) is 13.1. The Morgan fingerprint density at radius 3 is 2.39 bits per heavy atom. The topological polar surface area (TPSA) is 66.8 Å². The van der Waals surface area contributed by atoms with E-state index in [-0.39, 0.29) is 42.9 Å². The zero-order valence-electron chi connectivity index (χ0n) is 10.8. The summed E-state index contributed by atoms with van der Waals surface area (Å²) in [6.45, 7) is 2.11. The van der Waals surface area contributed by atoms with Crippen LogP contribution in [0.4, 0.5) is 0 Å². The fourth-order valence-corrected chi connectivity index (χ4v) is 3.13. The molecule has 2 fully saturated rings. The average molecular weight is 255 g/mol. The van der Waals surface area contributed by atoms with Gasteiger partial charge in [-0.15, -0.1) is 0 Å². The van der Waals surface area contributed by atoms with Crippen molar-refractivity contribution in [3.8, 4) is 0 Å². The van der Waals surface area contributed by atoms with Crippen LogP contribution in [0.1, 0.15) is 45.4 Å². The standard InChI is InChI=1S/C13H21NO4/c1-2-18-13(17)6-5-12(16)14-9-3-4-10(14)8-11(15)7-9/h9-11,15H,2-8H2,1H3. The highest BCUT2D eigenvalue weighted by atomic mass is 16.5. The van der Waals surface area contributed by atoms with E-state index in [1.807, 2.05) is 4.90 Å². The van der Waals surface area contributed by atoms with Gasteiger partial charge in [-0.1, -0.05) is 0 Å². The number of ether oxygens (including phenoxy) is 1. The van der Waals surface area contributed by atoms with Gasteiger partial charge in [-0.25, -0.2) is 0 Å². The number of fused-ring (bicyclic) bond motifs is 2. The molecule has 5 nitrogen and oxygen atoms in total. The third-order valence-electron chi connectivity index (χ3n) is 3.84. The molecule has 2 saturated heterocycles. The molecule has 2 atom stereocenters. The summed E-state index contributed by atoms with van der Waals surface area (Å²) in [6, 6.07) is 0.349. The van der Waals surface area contributed by atoms with Gasteiger partial charge in [0.1, 0.15) is 0 Å². The van der Waals surface area contributed by atoms with Gasteiger partial charge in [-0.05, 0) is 32.6 Å². The second-order valence-electron chi connectivity index (χ2n) is 5.12. The highest BCUT2D eigenvalue weighted by Crippen LogP contribution is 2.36. The van der Waals surface area contributed by atoms with Crippen LogP contribution in [-0.4, -0.2) is 46.7 Å². The number of carbonyl (C=O) groups is 2. The molecule has 2 aliphatic heterocycles. The maximum absolute atomic E-state index is 12.1. The van der Waals surface area contributed by atoms with Gasteiger partial charge in [0.05, 0.1) is 19.1 Å².